The fraction of sp³-hybridized carbons (Fsp3) is 0.240. The zero-order valence-corrected chi connectivity index (χ0v) is 18.6. The first-order chi connectivity index (χ1) is 14.4. The molecule has 1 amide bonds. The molecule has 2 aromatic carbocycles. The summed E-state index contributed by atoms with van der Waals surface area (Å²) in [6.45, 7) is 8.76. The smallest absolute Gasteiger partial charge is 0.233 e. The Bertz CT molecular complexity index is 1180. The maximum Gasteiger partial charge on any atom is 0.233 e. The average Bonchev–Trinajstić information content (AvgIpc) is 3.12. The maximum atomic E-state index is 13.5. The molecule has 2 aromatic heterocycles. The molecule has 0 N–H and O–H groups in total. The molecule has 0 fully saturated rings. The van der Waals surface area contributed by atoms with Crippen molar-refractivity contribution in [1.82, 2.24) is 9.97 Å². The molecule has 0 bridgehead atoms. The molecule has 2 heterocycles. The molecule has 0 unspecified atom stereocenters. The summed E-state index contributed by atoms with van der Waals surface area (Å²) in [5.41, 5.74) is 7.72. The monoisotopic (exact) mass is 415 g/mol. The highest BCUT2D eigenvalue weighted by atomic mass is 32.1. The molecular formula is C25H25N3OS. The average molecular weight is 416 g/mol. The topological polar surface area (TPSA) is 46.1 Å². The van der Waals surface area contributed by atoms with Crippen molar-refractivity contribution in [2.45, 2.75) is 40.7 Å². The SMILES string of the molecule is Cc1ccc(C)c(CC(=O)N(Cc2cccnc2)c2nc3cc(C)c(C)cc3s2)c1. The third-order valence-electron chi connectivity index (χ3n) is 5.43. The minimum absolute atomic E-state index is 0.0417. The molecule has 5 heteroatoms. The van der Waals surface area contributed by atoms with E-state index in [9.17, 15) is 4.79 Å². The summed E-state index contributed by atoms with van der Waals surface area (Å²) in [7, 11) is 0. The highest BCUT2D eigenvalue weighted by Gasteiger charge is 2.21. The first-order valence-corrected chi connectivity index (χ1v) is 10.9. The number of fused-ring (bicyclic) bond motifs is 1. The molecule has 0 aliphatic rings. The molecule has 0 saturated carbocycles. The Hall–Kier alpha value is -3.05. The van der Waals surface area contributed by atoms with Crippen LogP contribution in [0.15, 0.2) is 54.9 Å². The van der Waals surface area contributed by atoms with Crippen LogP contribution in [0.3, 0.4) is 0 Å². The number of nitrogens with zero attached hydrogens (tertiary/aromatic N) is 3. The number of thiazole rings is 1. The summed E-state index contributed by atoms with van der Waals surface area (Å²) < 4.78 is 1.10. The number of benzene rings is 2. The van der Waals surface area contributed by atoms with Gasteiger partial charge in [-0.3, -0.25) is 14.7 Å². The highest BCUT2D eigenvalue weighted by molar-refractivity contribution is 7.22. The predicted molar refractivity (Wildman–Crippen MR) is 124 cm³/mol. The van der Waals surface area contributed by atoms with Gasteiger partial charge in [-0.25, -0.2) is 4.98 Å². The Kier molecular flexibility index (Phi) is 5.64. The molecule has 0 spiro atoms. The van der Waals surface area contributed by atoms with Crippen LogP contribution in [-0.4, -0.2) is 15.9 Å². The lowest BCUT2D eigenvalue weighted by Crippen LogP contribution is -2.32. The van der Waals surface area contributed by atoms with Crippen molar-refractivity contribution < 1.29 is 4.79 Å². The zero-order chi connectivity index (χ0) is 21.3. The molecule has 0 saturated heterocycles. The number of anilines is 1. The van der Waals surface area contributed by atoms with Gasteiger partial charge in [0.25, 0.3) is 0 Å². The van der Waals surface area contributed by atoms with Gasteiger partial charge < -0.3 is 0 Å². The molecule has 152 valence electrons. The van der Waals surface area contributed by atoms with Crippen LogP contribution in [0.25, 0.3) is 10.2 Å². The van der Waals surface area contributed by atoms with Crippen molar-refractivity contribution >= 4 is 32.6 Å². The van der Waals surface area contributed by atoms with Gasteiger partial charge in [0.05, 0.1) is 23.2 Å². The fourth-order valence-corrected chi connectivity index (χ4v) is 4.53. The lowest BCUT2D eigenvalue weighted by atomic mass is 10.0. The number of rotatable bonds is 5. The second-order valence-electron chi connectivity index (χ2n) is 7.85. The van der Waals surface area contributed by atoms with E-state index in [1.54, 1.807) is 28.6 Å². The number of aryl methyl sites for hydroxylation is 4. The van der Waals surface area contributed by atoms with Gasteiger partial charge in [0.2, 0.25) is 5.91 Å². The Balaban J connectivity index is 1.72. The van der Waals surface area contributed by atoms with E-state index in [0.717, 1.165) is 37.6 Å². The number of carbonyl (C=O) groups is 1. The lowest BCUT2D eigenvalue weighted by Gasteiger charge is -2.20. The van der Waals surface area contributed by atoms with Crippen LogP contribution in [0, 0.1) is 27.7 Å². The summed E-state index contributed by atoms with van der Waals surface area (Å²) in [6.07, 6.45) is 3.90. The number of hydrogen-bond donors (Lipinski definition) is 0. The van der Waals surface area contributed by atoms with Crippen molar-refractivity contribution in [3.8, 4) is 0 Å². The number of carbonyl (C=O) groups excluding carboxylic acids is 1. The van der Waals surface area contributed by atoms with Crippen LogP contribution < -0.4 is 4.90 Å². The first kappa shape index (κ1) is 20.2. The molecule has 4 aromatic rings. The lowest BCUT2D eigenvalue weighted by molar-refractivity contribution is -0.118. The first-order valence-electron chi connectivity index (χ1n) is 10.0. The highest BCUT2D eigenvalue weighted by Crippen LogP contribution is 2.32. The van der Waals surface area contributed by atoms with Crippen molar-refractivity contribution in [3.05, 3.63) is 88.2 Å². The maximum absolute atomic E-state index is 13.5. The largest absolute Gasteiger partial charge is 0.283 e. The minimum Gasteiger partial charge on any atom is -0.283 e. The summed E-state index contributed by atoms with van der Waals surface area (Å²) in [5.74, 6) is 0.0417. The Morgan fingerprint density at radius 1 is 1.00 bits per heavy atom. The van der Waals surface area contributed by atoms with Crippen LogP contribution in [-0.2, 0) is 17.8 Å². The third kappa shape index (κ3) is 4.26. The number of pyridine rings is 1. The molecule has 30 heavy (non-hydrogen) atoms. The molecule has 0 atom stereocenters. The molecule has 0 radical (unpaired) electrons. The molecule has 4 rings (SSSR count). The minimum atomic E-state index is 0.0417. The van der Waals surface area contributed by atoms with Crippen molar-refractivity contribution in [3.63, 3.8) is 0 Å². The van der Waals surface area contributed by atoms with E-state index in [0.29, 0.717) is 13.0 Å². The molecular weight excluding hydrogens is 390 g/mol. The summed E-state index contributed by atoms with van der Waals surface area (Å²) in [6, 6.07) is 14.4. The standard InChI is InChI=1S/C25H25N3OS/c1-16-7-8-17(2)21(10-16)13-24(29)28(15-20-6-5-9-26-14-20)25-27-22-11-18(3)19(4)12-23(22)30-25/h5-12,14H,13,15H2,1-4H3. The zero-order valence-electron chi connectivity index (χ0n) is 17.8. The summed E-state index contributed by atoms with van der Waals surface area (Å²) in [5, 5.41) is 0.731. The van der Waals surface area contributed by atoms with Gasteiger partial charge in [0.1, 0.15) is 0 Å². The van der Waals surface area contributed by atoms with Crippen LogP contribution in [0.1, 0.15) is 33.4 Å². The van der Waals surface area contributed by atoms with Crippen LogP contribution >= 0.6 is 11.3 Å². The number of aromatic nitrogens is 2. The van der Waals surface area contributed by atoms with Crippen molar-refractivity contribution in [1.29, 1.82) is 0 Å². The fourth-order valence-electron chi connectivity index (χ4n) is 3.47. The normalized spacial score (nSPS) is 11.1. The van der Waals surface area contributed by atoms with Gasteiger partial charge in [-0.2, -0.15) is 0 Å². The summed E-state index contributed by atoms with van der Waals surface area (Å²) in [4.78, 5) is 24.3. The van der Waals surface area contributed by atoms with E-state index in [1.807, 2.05) is 12.1 Å². The van der Waals surface area contributed by atoms with E-state index >= 15 is 0 Å². The van der Waals surface area contributed by atoms with E-state index in [-0.39, 0.29) is 5.91 Å². The predicted octanol–water partition coefficient (Wildman–Crippen LogP) is 5.70. The molecule has 0 aliphatic carbocycles. The second kappa shape index (κ2) is 8.36. The number of amides is 1. The Morgan fingerprint density at radius 2 is 1.80 bits per heavy atom. The van der Waals surface area contributed by atoms with E-state index < -0.39 is 0 Å². The summed E-state index contributed by atoms with van der Waals surface area (Å²) >= 11 is 1.57. The Labute approximate surface area is 181 Å². The van der Waals surface area contributed by atoms with Crippen LogP contribution in [0.4, 0.5) is 5.13 Å². The molecule has 0 aliphatic heterocycles. The van der Waals surface area contributed by atoms with Crippen LogP contribution in [0.5, 0.6) is 0 Å². The van der Waals surface area contributed by atoms with Crippen molar-refractivity contribution in [2.75, 3.05) is 4.90 Å². The number of hydrogen-bond acceptors (Lipinski definition) is 4. The van der Waals surface area contributed by atoms with E-state index in [4.69, 9.17) is 4.98 Å². The van der Waals surface area contributed by atoms with Gasteiger partial charge >= 0.3 is 0 Å². The second-order valence-corrected chi connectivity index (χ2v) is 8.86. The van der Waals surface area contributed by atoms with Gasteiger partial charge in [-0.15, -0.1) is 0 Å². The van der Waals surface area contributed by atoms with Gasteiger partial charge in [0, 0.05) is 12.4 Å². The Morgan fingerprint density at radius 3 is 2.57 bits per heavy atom. The van der Waals surface area contributed by atoms with E-state index in [1.165, 1.54) is 11.1 Å². The quantitative estimate of drug-likeness (QED) is 0.420. The third-order valence-corrected chi connectivity index (χ3v) is 6.48. The van der Waals surface area contributed by atoms with Crippen LogP contribution in [0.2, 0.25) is 0 Å². The van der Waals surface area contributed by atoms with E-state index in [2.05, 4.69) is 63.0 Å². The van der Waals surface area contributed by atoms with Gasteiger partial charge in [-0.1, -0.05) is 41.2 Å². The molecule has 4 nitrogen and oxygen atoms in total. The van der Waals surface area contributed by atoms with Gasteiger partial charge in [0.15, 0.2) is 5.13 Å². The van der Waals surface area contributed by atoms with Gasteiger partial charge in [-0.05, 0) is 73.7 Å². The van der Waals surface area contributed by atoms with Crippen molar-refractivity contribution in [2.24, 2.45) is 0 Å².